The Labute approximate surface area is 159 Å². The summed E-state index contributed by atoms with van der Waals surface area (Å²) < 4.78 is 20.9. The number of nitrogens with one attached hydrogen (secondary N) is 1. The maximum Gasteiger partial charge on any atom is 0.373 e. The van der Waals surface area contributed by atoms with Crippen molar-refractivity contribution in [2.24, 2.45) is 0 Å². The number of nitrogens with zero attached hydrogens (tertiary/aromatic N) is 1. The fourth-order valence-corrected chi connectivity index (χ4v) is 2.86. The number of imide groups is 1. The SMILES string of the molecule is COC(=O)c1ccc(CN2C(=O)N/C(=C\c3ccc4c(c3)OCCO4)C2=O)o1. The molecule has 1 N–H and O–H groups in total. The molecule has 4 rings (SSSR count). The van der Waals surface area contributed by atoms with Gasteiger partial charge in [0.1, 0.15) is 24.7 Å². The molecule has 144 valence electrons. The zero-order valence-electron chi connectivity index (χ0n) is 14.9. The van der Waals surface area contributed by atoms with E-state index in [1.165, 1.54) is 19.2 Å². The van der Waals surface area contributed by atoms with Crippen molar-refractivity contribution in [2.45, 2.75) is 6.54 Å². The first kappa shape index (κ1) is 17.7. The fourth-order valence-electron chi connectivity index (χ4n) is 2.86. The van der Waals surface area contributed by atoms with E-state index >= 15 is 0 Å². The van der Waals surface area contributed by atoms with Crippen LogP contribution in [-0.4, -0.2) is 43.1 Å². The third-order valence-electron chi connectivity index (χ3n) is 4.20. The number of benzene rings is 1. The molecule has 0 aliphatic carbocycles. The molecule has 0 unspecified atom stereocenters. The number of carbonyl (C=O) groups is 3. The summed E-state index contributed by atoms with van der Waals surface area (Å²) >= 11 is 0. The predicted molar refractivity (Wildman–Crippen MR) is 94.5 cm³/mol. The van der Waals surface area contributed by atoms with E-state index in [1.807, 2.05) is 0 Å². The van der Waals surface area contributed by atoms with Gasteiger partial charge in [-0.1, -0.05) is 6.07 Å². The Balaban J connectivity index is 1.51. The number of carbonyl (C=O) groups excluding carboxylic acids is 3. The zero-order chi connectivity index (χ0) is 19.7. The minimum Gasteiger partial charge on any atom is -0.486 e. The van der Waals surface area contributed by atoms with Gasteiger partial charge in [-0.3, -0.25) is 9.69 Å². The van der Waals surface area contributed by atoms with Crippen molar-refractivity contribution in [2.75, 3.05) is 20.3 Å². The maximum atomic E-state index is 12.6. The third kappa shape index (κ3) is 3.29. The van der Waals surface area contributed by atoms with Crippen LogP contribution in [-0.2, 0) is 16.1 Å². The largest absolute Gasteiger partial charge is 0.486 e. The number of hydrogen-bond acceptors (Lipinski definition) is 7. The van der Waals surface area contributed by atoms with E-state index < -0.39 is 17.9 Å². The van der Waals surface area contributed by atoms with E-state index in [2.05, 4.69) is 10.1 Å². The number of esters is 1. The summed E-state index contributed by atoms with van der Waals surface area (Å²) in [6.45, 7) is 0.828. The molecule has 0 atom stereocenters. The standard InChI is InChI=1S/C19H16N2O7/c1-25-18(23)15-5-3-12(28-15)10-21-17(22)13(20-19(21)24)8-11-2-4-14-16(9-11)27-7-6-26-14/h2-5,8-9H,6-7,10H2,1H3,(H,20,24)/b13-8-. The number of methoxy groups -OCH3 is 1. The van der Waals surface area contributed by atoms with Crippen LogP contribution in [0.5, 0.6) is 11.5 Å². The number of rotatable bonds is 4. The highest BCUT2D eigenvalue weighted by molar-refractivity contribution is 6.13. The lowest BCUT2D eigenvalue weighted by atomic mass is 10.1. The lowest BCUT2D eigenvalue weighted by molar-refractivity contribution is -0.123. The molecule has 3 heterocycles. The van der Waals surface area contributed by atoms with E-state index in [0.29, 0.717) is 30.3 Å². The highest BCUT2D eigenvalue weighted by Gasteiger charge is 2.34. The van der Waals surface area contributed by atoms with Gasteiger partial charge in [0.25, 0.3) is 5.91 Å². The Morgan fingerprint density at radius 1 is 1.18 bits per heavy atom. The van der Waals surface area contributed by atoms with Gasteiger partial charge in [0.15, 0.2) is 11.5 Å². The number of ether oxygens (including phenoxy) is 3. The van der Waals surface area contributed by atoms with Gasteiger partial charge in [0, 0.05) is 0 Å². The zero-order valence-corrected chi connectivity index (χ0v) is 14.9. The van der Waals surface area contributed by atoms with Gasteiger partial charge in [-0.2, -0.15) is 0 Å². The van der Waals surface area contributed by atoms with Crippen LogP contribution in [0.2, 0.25) is 0 Å². The second-order valence-electron chi connectivity index (χ2n) is 6.04. The van der Waals surface area contributed by atoms with Crippen molar-refractivity contribution in [1.82, 2.24) is 10.2 Å². The number of urea groups is 1. The number of fused-ring (bicyclic) bond motifs is 1. The van der Waals surface area contributed by atoms with Crippen molar-refractivity contribution < 1.29 is 33.0 Å². The topological polar surface area (TPSA) is 107 Å². The number of hydrogen-bond donors (Lipinski definition) is 1. The van der Waals surface area contributed by atoms with Gasteiger partial charge in [-0.05, 0) is 35.9 Å². The summed E-state index contributed by atoms with van der Waals surface area (Å²) in [5, 5.41) is 2.54. The van der Waals surface area contributed by atoms with Gasteiger partial charge in [-0.15, -0.1) is 0 Å². The van der Waals surface area contributed by atoms with E-state index in [-0.39, 0.29) is 23.8 Å². The van der Waals surface area contributed by atoms with Gasteiger partial charge in [-0.25, -0.2) is 9.59 Å². The fraction of sp³-hybridized carbons (Fsp3) is 0.211. The molecule has 1 saturated heterocycles. The first-order chi connectivity index (χ1) is 13.5. The molecule has 2 aromatic rings. The number of amides is 3. The molecule has 2 aliphatic heterocycles. The van der Waals surface area contributed by atoms with E-state index in [4.69, 9.17) is 13.9 Å². The molecule has 0 radical (unpaired) electrons. The van der Waals surface area contributed by atoms with Crippen molar-refractivity contribution in [3.8, 4) is 11.5 Å². The van der Waals surface area contributed by atoms with Gasteiger partial charge >= 0.3 is 12.0 Å². The molecule has 2 aliphatic rings. The molecule has 9 nitrogen and oxygen atoms in total. The normalized spacial score (nSPS) is 17.0. The lowest BCUT2D eigenvalue weighted by Crippen LogP contribution is -2.30. The molecule has 0 bridgehead atoms. The summed E-state index contributed by atoms with van der Waals surface area (Å²) in [5.41, 5.74) is 0.808. The minimum atomic E-state index is -0.636. The van der Waals surface area contributed by atoms with Crippen molar-refractivity contribution in [3.05, 3.63) is 53.1 Å². The second kappa shape index (κ2) is 7.10. The van der Waals surface area contributed by atoms with Gasteiger partial charge < -0.3 is 23.9 Å². The van der Waals surface area contributed by atoms with Gasteiger partial charge in [0.2, 0.25) is 5.76 Å². The summed E-state index contributed by atoms with van der Waals surface area (Å²) in [7, 11) is 1.23. The monoisotopic (exact) mass is 384 g/mol. The Morgan fingerprint density at radius 3 is 2.75 bits per heavy atom. The molecule has 0 spiro atoms. The first-order valence-electron chi connectivity index (χ1n) is 8.46. The molecule has 1 aromatic heterocycles. The molecule has 9 heteroatoms. The Morgan fingerprint density at radius 2 is 1.96 bits per heavy atom. The summed E-state index contributed by atoms with van der Waals surface area (Å²) in [5.74, 6) is 0.357. The molecular formula is C19H16N2O7. The smallest absolute Gasteiger partial charge is 0.373 e. The van der Waals surface area contributed by atoms with Crippen LogP contribution >= 0.6 is 0 Å². The van der Waals surface area contributed by atoms with E-state index in [0.717, 1.165) is 4.90 Å². The highest BCUT2D eigenvalue weighted by Crippen LogP contribution is 2.31. The Bertz CT molecular complexity index is 992. The first-order valence-corrected chi connectivity index (χ1v) is 8.46. The van der Waals surface area contributed by atoms with Gasteiger partial charge in [0.05, 0.1) is 13.7 Å². The van der Waals surface area contributed by atoms with Crippen LogP contribution in [0.4, 0.5) is 4.79 Å². The Hall–Kier alpha value is -3.75. The summed E-state index contributed by atoms with van der Waals surface area (Å²) in [6.07, 6.45) is 1.56. The lowest BCUT2D eigenvalue weighted by Gasteiger charge is -2.18. The maximum absolute atomic E-state index is 12.6. The molecule has 28 heavy (non-hydrogen) atoms. The molecule has 1 aromatic carbocycles. The average molecular weight is 384 g/mol. The van der Waals surface area contributed by atoms with Crippen molar-refractivity contribution in [3.63, 3.8) is 0 Å². The quantitative estimate of drug-likeness (QED) is 0.488. The van der Waals surface area contributed by atoms with Crippen LogP contribution in [0, 0.1) is 0 Å². The average Bonchev–Trinajstić information content (AvgIpc) is 3.28. The van der Waals surface area contributed by atoms with Crippen LogP contribution in [0.3, 0.4) is 0 Å². The predicted octanol–water partition coefficient (Wildman–Crippen LogP) is 1.93. The van der Waals surface area contributed by atoms with Crippen molar-refractivity contribution in [1.29, 1.82) is 0 Å². The molecular weight excluding hydrogens is 368 g/mol. The van der Waals surface area contributed by atoms with E-state index in [1.54, 1.807) is 24.3 Å². The summed E-state index contributed by atoms with van der Waals surface area (Å²) in [6, 6.07) is 7.60. The van der Waals surface area contributed by atoms with Crippen LogP contribution in [0.25, 0.3) is 6.08 Å². The number of furan rings is 1. The molecule has 3 amide bonds. The third-order valence-corrected chi connectivity index (χ3v) is 4.20. The molecule has 1 fully saturated rings. The van der Waals surface area contributed by atoms with Crippen LogP contribution in [0.15, 0.2) is 40.4 Å². The van der Waals surface area contributed by atoms with E-state index in [9.17, 15) is 14.4 Å². The van der Waals surface area contributed by atoms with Crippen LogP contribution in [0.1, 0.15) is 21.9 Å². The highest BCUT2D eigenvalue weighted by atomic mass is 16.6. The Kier molecular flexibility index (Phi) is 4.48. The molecule has 0 saturated carbocycles. The van der Waals surface area contributed by atoms with Crippen molar-refractivity contribution >= 4 is 24.0 Å². The summed E-state index contributed by atoms with van der Waals surface area (Å²) in [4.78, 5) is 37.2. The minimum absolute atomic E-state index is 0.00315. The second-order valence-corrected chi connectivity index (χ2v) is 6.04. The van der Waals surface area contributed by atoms with Crippen LogP contribution < -0.4 is 14.8 Å².